The van der Waals surface area contributed by atoms with Crippen molar-refractivity contribution in [2.24, 2.45) is 11.8 Å². The van der Waals surface area contributed by atoms with Crippen LogP contribution in [0.3, 0.4) is 0 Å². The van der Waals surface area contributed by atoms with Gasteiger partial charge in [-0.15, -0.1) is 0 Å². The zero-order chi connectivity index (χ0) is 18.5. The summed E-state index contributed by atoms with van der Waals surface area (Å²) in [5, 5.41) is 10.1. The first-order chi connectivity index (χ1) is 12.3. The number of piperidine rings is 1. The molecule has 0 radical (unpaired) electrons. The van der Waals surface area contributed by atoms with Crippen LogP contribution < -0.4 is 4.72 Å². The Kier molecular flexibility index (Phi) is 4.56. The van der Waals surface area contributed by atoms with Gasteiger partial charge in [0.25, 0.3) is 0 Å². The minimum absolute atomic E-state index is 0.0608. The highest BCUT2D eigenvalue weighted by Crippen LogP contribution is 2.52. The van der Waals surface area contributed by atoms with Gasteiger partial charge in [0.05, 0.1) is 6.26 Å². The molecule has 3 aliphatic rings. The molecule has 5 nitrogen and oxygen atoms in total. The van der Waals surface area contributed by atoms with Gasteiger partial charge in [-0.2, -0.15) is 0 Å². The first kappa shape index (κ1) is 18.3. The summed E-state index contributed by atoms with van der Waals surface area (Å²) in [7, 11) is -3.19. The molecule has 1 saturated heterocycles. The predicted octanol–water partition coefficient (Wildman–Crippen LogP) is 2.25. The molecule has 1 saturated carbocycles. The lowest BCUT2D eigenvalue weighted by atomic mass is 9.56. The van der Waals surface area contributed by atoms with E-state index in [9.17, 15) is 13.5 Å². The Labute approximate surface area is 156 Å². The maximum absolute atomic E-state index is 11.5. The van der Waals surface area contributed by atoms with Crippen LogP contribution in [-0.2, 0) is 21.9 Å². The van der Waals surface area contributed by atoms with Gasteiger partial charge >= 0.3 is 0 Å². The fourth-order valence-corrected chi connectivity index (χ4v) is 5.82. The Morgan fingerprint density at radius 2 is 2.12 bits per heavy atom. The first-order valence-corrected chi connectivity index (χ1v) is 11.7. The average Bonchev–Trinajstić information content (AvgIpc) is 3.36. The lowest BCUT2D eigenvalue weighted by Gasteiger charge is -2.56. The highest BCUT2D eigenvalue weighted by Gasteiger charge is 2.51. The van der Waals surface area contributed by atoms with E-state index in [1.54, 1.807) is 6.07 Å². The molecule has 144 valence electrons. The van der Waals surface area contributed by atoms with Crippen LogP contribution in [0.4, 0.5) is 0 Å². The number of aromatic hydroxyl groups is 1. The van der Waals surface area contributed by atoms with Crippen molar-refractivity contribution in [1.29, 1.82) is 0 Å². The molecule has 6 heteroatoms. The van der Waals surface area contributed by atoms with Crippen LogP contribution in [0, 0.1) is 11.8 Å². The number of likely N-dealkylation sites (tertiary alicyclic amines) is 1. The molecule has 1 heterocycles. The zero-order valence-corrected chi connectivity index (χ0v) is 16.6. The molecule has 2 fully saturated rings. The number of rotatable bonds is 6. The maximum atomic E-state index is 11.5. The number of phenolic OH excluding ortho intramolecular Hbond substituents is 1. The molecule has 2 N–H and O–H groups in total. The Bertz CT molecular complexity index is 790. The number of nitrogens with zero attached hydrogens (tertiary/aromatic N) is 1. The van der Waals surface area contributed by atoms with Crippen molar-refractivity contribution in [3.8, 4) is 5.75 Å². The molecule has 2 bridgehead atoms. The lowest BCUT2D eigenvalue weighted by Crippen LogP contribution is -2.60. The molecule has 0 amide bonds. The third-order valence-electron chi connectivity index (χ3n) is 6.95. The van der Waals surface area contributed by atoms with E-state index in [0.29, 0.717) is 24.3 Å². The number of hydrogen-bond acceptors (Lipinski definition) is 4. The van der Waals surface area contributed by atoms with Gasteiger partial charge in [-0.05, 0) is 73.7 Å². The molecular weight excluding hydrogens is 348 g/mol. The summed E-state index contributed by atoms with van der Waals surface area (Å²) in [5.74, 6) is 1.64. The second-order valence-corrected chi connectivity index (χ2v) is 10.5. The molecule has 1 aliphatic heterocycles. The maximum Gasteiger partial charge on any atom is 0.208 e. The molecule has 3 atom stereocenters. The van der Waals surface area contributed by atoms with Gasteiger partial charge in [-0.25, -0.2) is 13.1 Å². The molecule has 26 heavy (non-hydrogen) atoms. The number of fused-ring (bicyclic) bond motifs is 4. The molecule has 2 aliphatic carbocycles. The monoisotopic (exact) mass is 378 g/mol. The quantitative estimate of drug-likeness (QED) is 0.797. The normalized spacial score (nSPS) is 31.6. The van der Waals surface area contributed by atoms with Gasteiger partial charge in [0.15, 0.2) is 0 Å². The van der Waals surface area contributed by atoms with Crippen LogP contribution in [0.5, 0.6) is 5.75 Å². The Morgan fingerprint density at radius 3 is 2.81 bits per heavy atom. The minimum atomic E-state index is -3.19. The fourth-order valence-electron chi connectivity index (χ4n) is 5.34. The SMILES string of the molecule is C[C@H]1[C@H]2Cc3ccc(O)cc3C1(CCNS(C)(=O)=O)CCN2CC1CC1. The van der Waals surface area contributed by atoms with Crippen molar-refractivity contribution in [3.63, 3.8) is 0 Å². The van der Waals surface area contributed by atoms with E-state index in [2.05, 4.69) is 22.6 Å². The molecule has 4 rings (SSSR count). The standard InChI is InChI=1S/C20H30N2O3S/c1-14-19-11-16-5-6-17(23)12-18(16)20(14,7-9-21-26(2,24)25)8-10-22(19)13-15-3-4-15/h5-6,12,14-15,19,21,23H,3-4,7-11,13H2,1-2H3/t14-,19+,20?/m0/s1. The first-order valence-electron chi connectivity index (χ1n) is 9.79. The van der Waals surface area contributed by atoms with Crippen LogP contribution in [-0.4, -0.2) is 50.4 Å². The fraction of sp³-hybridized carbons (Fsp3) is 0.700. The van der Waals surface area contributed by atoms with Gasteiger partial charge in [-0.3, -0.25) is 4.90 Å². The molecule has 1 unspecified atom stereocenters. The van der Waals surface area contributed by atoms with Gasteiger partial charge in [-0.1, -0.05) is 13.0 Å². The molecular formula is C20H30N2O3S. The average molecular weight is 379 g/mol. The molecule has 1 aromatic carbocycles. The summed E-state index contributed by atoms with van der Waals surface area (Å²) in [4.78, 5) is 2.68. The number of sulfonamides is 1. The van der Waals surface area contributed by atoms with Crippen LogP contribution >= 0.6 is 0 Å². The van der Waals surface area contributed by atoms with Crippen molar-refractivity contribution in [3.05, 3.63) is 29.3 Å². The van der Waals surface area contributed by atoms with E-state index in [0.717, 1.165) is 31.7 Å². The van der Waals surface area contributed by atoms with Gasteiger partial charge < -0.3 is 5.11 Å². The highest BCUT2D eigenvalue weighted by molar-refractivity contribution is 7.88. The minimum Gasteiger partial charge on any atom is -0.508 e. The lowest BCUT2D eigenvalue weighted by molar-refractivity contribution is 0.0164. The Morgan fingerprint density at radius 1 is 1.35 bits per heavy atom. The summed E-state index contributed by atoms with van der Waals surface area (Å²) in [6.07, 6.45) is 6.79. The number of nitrogens with one attached hydrogen (secondary N) is 1. The number of benzene rings is 1. The summed E-state index contributed by atoms with van der Waals surface area (Å²) in [5.41, 5.74) is 2.50. The summed E-state index contributed by atoms with van der Waals surface area (Å²) >= 11 is 0. The van der Waals surface area contributed by atoms with E-state index in [1.807, 2.05) is 6.07 Å². The number of hydrogen-bond donors (Lipinski definition) is 2. The Hall–Kier alpha value is -1.11. The summed E-state index contributed by atoms with van der Waals surface area (Å²) in [6, 6.07) is 6.31. The molecule has 0 spiro atoms. The Balaban J connectivity index is 1.66. The van der Waals surface area contributed by atoms with Crippen LogP contribution in [0.1, 0.15) is 43.7 Å². The highest BCUT2D eigenvalue weighted by atomic mass is 32.2. The van der Waals surface area contributed by atoms with Crippen LogP contribution in [0.2, 0.25) is 0 Å². The summed E-state index contributed by atoms with van der Waals surface area (Å²) in [6.45, 7) is 5.06. The molecule has 1 aromatic rings. The smallest absolute Gasteiger partial charge is 0.208 e. The van der Waals surface area contributed by atoms with Crippen LogP contribution in [0.25, 0.3) is 0 Å². The van der Waals surface area contributed by atoms with E-state index >= 15 is 0 Å². The van der Waals surface area contributed by atoms with E-state index < -0.39 is 10.0 Å². The van der Waals surface area contributed by atoms with Crippen molar-refractivity contribution >= 4 is 10.0 Å². The van der Waals surface area contributed by atoms with Crippen LogP contribution in [0.15, 0.2) is 18.2 Å². The second kappa shape index (κ2) is 6.50. The molecule has 0 aromatic heterocycles. The van der Waals surface area contributed by atoms with E-state index in [4.69, 9.17) is 0 Å². The van der Waals surface area contributed by atoms with Crippen molar-refractivity contribution in [2.75, 3.05) is 25.9 Å². The van der Waals surface area contributed by atoms with Crippen molar-refractivity contribution in [2.45, 2.75) is 50.5 Å². The third-order valence-corrected chi connectivity index (χ3v) is 7.68. The predicted molar refractivity (Wildman–Crippen MR) is 103 cm³/mol. The van der Waals surface area contributed by atoms with Gasteiger partial charge in [0.1, 0.15) is 5.75 Å². The van der Waals surface area contributed by atoms with Crippen molar-refractivity contribution in [1.82, 2.24) is 9.62 Å². The zero-order valence-electron chi connectivity index (χ0n) is 15.7. The van der Waals surface area contributed by atoms with Gasteiger partial charge in [0, 0.05) is 24.5 Å². The topological polar surface area (TPSA) is 69.6 Å². The second-order valence-electron chi connectivity index (χ2n) is 8.66. The van der Waals surface area contributed by atoms with Crippen molar-refractivity contribution < 1.29 is 13.5 Å². The largest absolute Gasteiger partial charge is 0.508 e. The number of phenols is 1. The van der Waals surface area contributed by atoms with Gasteiger partial charge in [0.2, 0.25) is 10.0 Å². The third kappa shape index (κ3) is 3.39. The summed E-state index contributed by atoms with van der Waals surface area (Å²) < 4.78 is 25.8. The van der Waals surface area contributed by atoms with E-state index in [-0.39, 0.29) is 5.41 Å². The van der Waals surface area contributed by atoms with E-state index in [1.165, 1.54) is 36.8 Å².